The van der Waals surface area contributed by atoms with Crippen LogP contribution < -0.4 is 5.32 Å². The van der Waals surface area contributed by atoms with Gasteiger partial charge in [-0.25, -0.2) is 4.79 Å². The molecule has 67 heavy (non-hydrogen) atoms. The van der Waals surface area contributed by atoms with Crippen LogP contribution in [0.15, 0.2) is 0 Å². The van der Waals surface area contributed by atoms with Crippen molar-refractivity contribution in [2.24, 2.45) is 52.3 Å². The third-order valence-electron chi connectivity index (χ3n) is 16.6. The van der Waals surface area contributed by atoms with Crippen molar-refractivity contribution in [1.29, 1.82) is 0 Å². The number of fused-ring (bicyclic) bond motifs is 5. The predicted octanol–water partition coefficient (Wildman–Crippen LogP) is 6.70. The van der Waals surface area contributed by atoms with E-state index in [1.807, 2.05) is 0 Å². The molecule has 4 aliphatic carbocycles. The number of aliphatic carboxylic acids is 3. The molecule has 0 bridgehead atoms. The van der Waals surface area contributed by atoms with Gasteiger partial charge in [-0.1, -0.05) is 73.1 Å². The van der Waals surface area contributed by atoms with Crippen molar-refractivity contribution in [2.45, 2.75) is 162 Å². The lowest BCUT2D eigenvalue weighted by Gasteiger charge is -2.61. The molecule has 17 heteroatoms. The number of hydrogen-bond donors (Lipinski definition) is 5. The first-order valence-corrected chi connectivity index (χ1v) is 25.5. The molecule has 0 heterocycles. The fourth-order valence-corrected chi connectivity index (χ4v) is 13.1. The normalized spacial score (nSPS) is 27.7. The third-order valence-corrected chi connectivity index (χ3v) is 16.6. The summed E-state index contributed by atoms with van der Waals surface area (Å²) >= 11 is 0. The molecule has 7 unspecified atom stereocenters. The average Bonchev–Trinajstić information content (AvgIpc) is 3.62. The van der Waals surface area contributed by atoms with E-state index in [4.69, 9.17) is 14.2 Å². The van der Waals surface area contributed by atoms with Gasteiger partial charge in [0.2, 0.25) is 5.91 Å². The van der Waals surface area contributed by atoms with Crippen molar-refractivity contribution in [2.75, 3.05) is 66.3 Å². The van der Waals surface area contributed by atoms with Gasteiger partial charge < -0.3 is 40.0 Å². The van der Waals surface area contributed by atoms with Crippen LogP contribution in [0.2, 0.25) is 0 Å². The first-order valence-electron chi connectivity index (χ1n) is 25.5. The number of esters is 1. The molecule has 4 fully saturated rings. The van der Waals surface area contributed by atoms with Gasteiger partial charge in [0.15, 0.2) is 0 Å². The highest BCUT2D eigenvalue weighted by Crippen LogP contribution is 2.68. The highest BCUT2D eigenvalue weighted by Gasteiger charge is 2.60. The molecular weight excluding hydrogens is 865 g/mol. The zero-order chi connectivity index (χ0) is 49.3. The van der Waals surface area contributed by atoms with E-state index in [9.17, 15) is 49.2 Å². The highest BCUT2D eigenvalue weighted by atomic mass is 16.7. The lowest BCUT2D eigenvalue weighted by Crippen LogP contribution is -2.57. The molecule has 0 aromatic heterocycles. The number of carbonyl (C=O) groups excluding carboxylic acids is 3. The van der Waals surface area contributed by atoms with Crippen LogP contribution in [-0.2, 0) is 38.2 Å². The number of carbonyl (C=O) groups is 6. The van der Waals surface area contributed by atoms with Crippen molar-refractivity contribution < 1.29 is 63.4 Å². The van der Waals surface area contributed by atoms with Crippen molar-refractivity contribution in [1.82, 2.24) is 20.0 Å². The SMILES string of the molecule is CNC(=O)CN(CCN(CO)CC(=O)O)C(COC(=O)CCCCCCCOC(=O)OC1CC[C@@]2(C)C(CCC3C2CC[C@@]2(C)C3CCC2[C@H](C)CCCC(C)C)C1)N(CC(=O)O)CC(=O)O. The van der Waals surface area contributed by atoms with Gasteiger partial charge in [-0.15, -0.1) is 0 Å². The number of aliphatic hydroxyl groups is 1. The van der Waals surface area contributed by atoms with Crippen LogP contribution in [0.3, 0.4) is 0 Å². The zero-order valence-electron chi connectivity index (χ0n) is 41.6. The van der Waals surface area contributed by atoms with Crippen LogP contribution in [0.5, 0.6) is 0 Å². The minimum absolute atomic E-state index is 0.0426. The van der Waals surface area contributed by atoms with Gasteiger partial charge in [-0.05, 0) is 123 Å². The quantitative estimate of drug-likeness (QED) is 0.0287. The van der Waals surface area contributed by atoms with Gasteiger partial charge in [0.05, 0.1) is 45.7 Å². The number of hydrogen-bond acceptors (Lipinski definition) is 13. The Morgan fingerprint density at radius 3 is 2.01 bits per heavy atom. The number of aliphatic hydroxyl groups excluding tert-OH is 1. The van der Waals surface area contributed by atoms with Gasteiger partial charge in [-0.2, -0.15) is 0 Å². The Morgan fingerprint density at radius 1 is 0.701 bits per heavy atom. The molecule has 5 N–H and O–H groups in total. The molecule has 0 saturated heterocycles. The summed E-state index contributed by atoms with van der Waals surface area (Å²) in [5.74, 6) is 0.460. The van der Waals surface area contributed by atoms with Crippen LogP contribution in [-0.4, -0.2) is 150 Å². The highest BCUT2D eigenvalue weighted by molar-refractivity contribution is 5.78. The van der Waals surface area contributed by atoms with E-state index in [-0.39, 0.29) is 38.8 Å². The van der Waals surface area contributed by atoms with E-state index in [1.54, 1.807) is 0 Å². The summed E-state index contributed by atoms with van der Waals surface area (Å²) in [5, 5.41) is 40.4. The maximum absolute atomic E-state index is 12.9. The maximum atomic E-state index is 12.9. The number of nitrogens with zero attached hydrogens (tertiary/aromatic N) is 3. The smallest absolute Gasteiger partial charge is 0.480 e. The molecule has 17 nitrogen and oxygen atoms in total. The second-order valence-electron chi connectivity index (χ2n) is 21.4. The number of carboxylic acid groups (broad SMARTS) is 3. The van der Waals surface area contributed by atoms with Crippen LogP contribution in [0.4, 0.5) is 4.79 Å². The fourth-order valence-electron chi connectivity index (χ4n) is 13.1. The molecule has 4 rings (SSSR count). The zero-order valence-corrected chi connectivity index (χ0v) is 41.6. The van der Waals surface area contributed by atoms with Crippen molar-refractivity contribution in [3.05, 3.63) is 0 Å². The second kappa shape index (κ2) is 27.0. The topological polar surface area (TPSA) is 233 Å². The summed E-state index contributed by atoms with van der Waals surface area (Å²) < 4.78 is 16.9. The van der Waals surface area contributed by atoms with Crippen LogP contribution in [0, 0.1) is 52.3 Å². The first-order chi connectivity index (χ1) is 31.8. The molecule has 10 atom stereocenters. The number of rotatable bonds is 30. The van der Waals surface area contributed by atoms with E-state index in [0.29, 0.717) is 36.0 Å². The van der Waals surface area contributed by atoms with Crippen molar-refractivity contribution in [3.63, 3.8) is 0 Å². The number of unbranched alkanes of at least 4 members (excludes halogenated alkanes) is 4. The van der Waals surface area contributed by atoms with Gasteiger partial charge in [0, 0.05) is 26.6 Å². The van der Waals surface area contributed by atoms with Crippen molar-refractivity contribution in [3.8, 4) is 0 Å². The molecule has 1 amide bonds. The molecule has 4 aliphatic rings. The fraction of sp³-hybridized carbons (Fsp3) is 0.880. The second-order valence-corrected chi connectivity index (χ2v) is 21.4. The summed E-state index contributed by atoms with van der Waals surface area (Å²) in [4.78, 5) is 76.4. The van der Waals surface area contributed by atoms with E-state index in [0.717, 1.165) is 77.4 Å². The Hall–Kier alpha value is -3.54. The number of nitrogens with one attached hydrogen (secondary N) is 1. The summed E-state index contributed by atoms with van der Waals surface area (Å²) in [6.45, 7) is 9.05. The molecule has 4 saturated carbocycles. The Kier molecular flexibility index (Phi) is 22.6. The summed E-state index contributed by atoms with van der Waals surface area (Å²) in [6.07, 6.45) is 16.6. The predicted molar refractivity (Wildman–Crippen MR) is 251 cm³/mol. The number of ether oxygens (including phenoxy) is 3. The Morgan fingerprint density at radius 2 is 1.36 bits per heavy atom. The van der Waals surface area contributed by atoms with Crippen LogP contribution in [0.25, 0.3) is 0 Å². The molecular formula is C50H86N4O13. The minimum Gasteiger partial charge on any atom is -0.480 e. The molecule has 0 radical (unpaired) electrons. The van der Waals surface area contributed by atoms with E-state index < -0.39 is 75.1 Å². The minimum atomic E-state index is -1.35. The monoisotopic (exact) mass is 951 g/mol. The summed E-state index contributed by atoms with van der Waals surface area (Å²) in [7, 11) is 1.38. The van der Waals surface area contributed by atoms with Gasteiger partial charge in [-0.3, -0.25) is 38.7 Å². The van der Waals surface area contributed by atoms with Gasteiger partial charge in [0.25, 0.3) is 0 Å². The number of amides is 1. The van der Waals surface area contributed by atoms with Crippen LogP contribution >= 0.6 is 0 Å². The molecule has 384 valence electrons. The Balaban J connectivity index is 1.16. The third kappa shape index (κ3) is 16.5. The Labute approximate surface area is 399 Å². The van der Waals surface area contributed by atoms with Gasteiger partial charge >= 0.3 is 30.0 Å². The average molecular weight is 951 g/mol. The lowest BCUT2D eigenvalue weighted by molar-refractivity contribution is -0.153. The van der Waals surface area contributed by atoms with Gasteiger partial charge in [0.1, 0.15) is 12.7 Å². The number of carboxylic acids is 3. The van der Waals surface area contributed by atoms with Crippen molar-refractivity contribution >= 4 is 35.9 Å². The van der Waals surface area contributed by atoms with E-state index in [2.05, 4.69) is 39.9 Å². The summed E-state index contributed by atoms with van der Waals surface area (Å²) in [5.41, 5.74) is 0.790. The largest absolute Gasteiger partial charge is 0.508 e. The number of likely N-dealkylation sites (N-methyl/N-ethyl adjacent to an activating group) is 1. The Bertz CT molecular complexity index is 1600. The lowest BCUT2D eigenvalue weighted by atomic mass is 9.44. The molecule has 0 aromatic rings. The maximum Gasteiger partial charge on any atom is 0.508 e. The standard InChI is InChI=1S/C50H86N4O13/c1-34(2)13-12-14-35(3)39-18-19-40-38-17-16-36-27-37(20-22-49(36,4)41(38)21-23-50(39,40)5)67-48(64)65-26-11-9-7-8-10-15-47(63)66-32-43(54(30-45(59)60)31-46(61)62)53(28-42(56)51-6)25-24-52(33-55)29-44(57)58/h34-41,43,55H,7-33H2,1-6H3,(H,51,56)(H,57,58)(H,59,60)(H,61,62)/t35-,36?,37?,38?,39?,40?,41?,43?,49+,50-/m1/s1. The molecule has 0 aliphatic heterocycles. The summed E-state index contributed by atoms with van der Waals surface area (Å²) in [6, 6.07) is 0. The first kappa shape index (κ1) is 56.1. The molecule has 0 aromatic carbocycles. The van der Waals surface area contributed by atoms with E-state index in [1.165, 1.54) is 69.7 Å². The van der Waals surface area contributed by atoms with E-state index >= 15 is 0 Å². The van der Waals surface area contributed by atoms with Crippen LogP contribution in [0.1, 0.15) is 150 Å². The molecule has 0 spiro atoms.